The molecule has 0 aromatic heterocycles. The Bertz CT molecular complexity index is 1060. The molecule has 4 rings (SSSR count). The molecule has 1 N–H and O–H groups in total. The number of Topliss-reactive ketones (excluding diaryl/α,β-unsaturated/α-hetero) is 1. The summed E-state index contributed by atoms with van der Waals surface area (Å²) in [6, 6.07) is 7.51. The third-order valence-electron chi connectivity index (χ3n) is 7.48. The summed E-state index contributed by atoms with van der Waals surface area (Å²) in [5, 5.41) is 3.32. The normalized spacial score (nSPS) is 24.7. The molecule has 0 radical (unpaired) electrons. The molecule has 0 saturated heterocycles. The highest BCUT2D eigenvalue weighted by molar-refractivity contribution is 6.12. The minimum absolute atomic E-state index is 0.114. The van der Waals surface area contributed by atoms with E-state index in [0.717, 1.165) is 55.5 Å². The molecule has 7 heteroatoms. The molecule has 0 spiro atoms. The average molecular weight is 496 g/mol. The summed E-state index contributed by atoms with van der Waals surface area (Å²) < 4.78 is 16.7. The molecule has 1 aliphatic heterocycles. The molecule has 3 atom stereocenters. The van der Waals surface area contributed by atoms with Crippen LogP contribution in [0.15, 0.2) is 46.8 Å². The number of esters is 2. The summed E-state index contributed by atoms with van der Waals surface area (Å²) in [6.45, 7) is 6.39. The van der Waals surface area contributed by atoms with Crippen molar-refractivity contribution in [2.45, 2.75) is 77.7 Å². The van der Waals surface area contributed by atoms with Crippen LogP contribution in [0.5, 0.6) is 5.75 Å². The lowest BCUT2D eigenvalue weighted by Gasteiger charge is -2.38. The summed E-state index contributed by atoms with van der Waals surface area (Å²) in [6.07, 6.45) is 6.25. The van der Waals surface area contributed by atoms with Gasteiger partial charge in [-0.15, -0.1) is 0 Å². The van der Waals surface area contributed by atoms with Crippen LogP contribution in [0.1, 0.15) is 77.2 Å². The summed E-state index contributed by atoms with van der Waals surface area (Å²) in [5.41, 5.74) is 3.10. The Kier molecular flexibility index (Phi) is 8.17. The number of hydrogen-bond donors (Lipinski definition) is 1. The molecule has 0 bridgehead atoms. The third-order valence-corrected chi connectivity index (χ3v) is 7.48. The van der Waals surface area contributed by atoms with E-state index < -0.39 is 23.8 Å². The first kappa shape index (κ1) is 26.0. The molecule has 2 aliphatic carbocycles. The lowest BCUT2D eigenvalue weighted by Crippen LogP contribution is -2.43. The molecule has 194 valence electrons. The molecular weight excluding hydrogens is 458 g/mol. The SMILES string of the molecule is CCCOc1ccc([C@H]2C(C(=O)OC3CCCCC3)=C(C)NC3=C2C(=O)[C@@H](C(=O)OC)[C@H](C)C3)cc1. The third kappa shape index (κ3) is 5.20. The van der Waals surface area contributed by atoms with Gasteiger partial charge in [0.25, 0.3) is 0 Å². The van der Waals surface area contributed by atoms with Gasteiger partial charge in [0.15, 0.2) is 5.78 Å². The predicted molar refractivity (Wildman–Crippen MR) is 135 cm³/mol. The van der Waals surface area contributed by atoms with E-state index in [9.17, 15) is 14.4 Å². The van der Waals surface area contributed by atoms with Gasteiger partial charge in [-0.25, -0.2) is 4.79 Å². The molecule has 0 unspecified atom stereocenters. The van der Waals surface area contributed by atoms with Gasteiger partial charge in [-0.2, -0.15) is 0 Å². The van der Waals surface area contributed by atoms with Crippen molar-refractivity contribution in [1.82, 2.24) is 5.32 Å². The standard InChI is InChI=1S/C29H37NO6/c1-5-15-35-20-13-11-19(12-14-20)25-24(29(33)36-21-9-7-6-8-10-21)18(3)30-22-16-17(2)23(28(32)34-4)27(31)26(22)25/h11-14,17,21,23,25,30H,5-10,15-16H2,1-4H3/t17-,23+,25+/m1/s1. The summed E-state index contributed by atoms with van der Waals surface area (Å²) in [5.74, 6) is -2.27. The molecular formula is C29H37NO6. The second-order valence-electron chi connectivity index (χ2n) is 10.1. The first-order valence-electron chi connectivity index (χ1n) is 13.1. The number of carbonyl (C=O) groups is 3. The zero-order valence-corrected chi connectivity index (χ0v) is 21.7. The Labute approximate surface area is 213 Å². The first-order valence-corrected chi connectivity index (χ1v) is 13.1. The minimum atomic E-state index is -0.903. The van der Waals surface area contributed by atoms with E-state index in [1.54, 1.807) is 0 Å². The minimum Gasteiger partial charge on any atom is -0.494 e. The first-order chi connectivity index (χ1) is 17.3. The molecule has 1 aromatic rings. The van der Waals surface area contributed by atoms with Crippen molar-refractivity contribution in [3.63, 3.8) is 0 Å². The van der Waals surface area contributed by atoms with Crippen LogP contribution in [-0.2, 0) is 23.9 Å². The largest absolute Gasteiger partial charge is 0.494 e. The molecule has 1 fully saturated rings. The summed E-state index contributed by atoms with van der Waals surface area (Å²) in [4.78, 5) is 40.0. The van der Waals surface area contributed by atoms with E-state index in [1.807, 2.05) is 45.0 Å². The molecule has 36 heavy (non-hydrogen) atoms. The van der Waals surface area contributed by atoms with Crippen LogP contribution in [0, 0.1) is 11.8 Å². The second-order valence-corrected chi connectivity index (χ2v) is 10.1. The lowest BCUT2D eigenvalue weighted by atomic mass is 9.69. The van der Waals surface area contributed by atoms with Crippen molar-refractivity contribution >= 4 is 17.7 Å². The van der Waals surface area contributed by atoms with Crippen LogP contribution < -0.4 is 10.1 Å². The maximum absolute atomic E-state index is 13.8. The van der Waals surface area contributed by atoms with Gasteiger partial charge in [-0.1, -0.05) is 32.4 Å². The zero-order chi connectivity index (χ0) is 25.8. The Morgan fingerprint density at radius 1 is 1.08 bits per heavy atom. The fraction of sp³-hybridized carbons (Fsp3) is 0.552. The highest BCUT2D eigenvalue weighted by atomic mass is 16.5. The smallest absolute Gasteiger partial charge is 0.337 e. The molecule has 0 amide bonds. The van der Waals surface area contributed by atoms with E-state index in [2.05, 4.69) is 5.32 Å². The molecule has 1 aromatic carbocycles. The van der Waals surface area contributed by atoms with Crippen LogP contribution in [-0.4, -0.2) is 37.5 Å². The monoisotopic (exact) mass is 495 g/mol. The fourth-order valence-corrected chi connectivity index (χ4v) is 5.66. The van der Waals surface area contributed by atoms with Crippen LogP contribution in [0.4, 0.5) is 0 Å². The number of ketones is 1. The van der Waals surface area contributed by atoms with Crippen LogP contribution >= 0.6 is 0 Å². The Morgan fingerprint density at radius 3 is 2.42 bits per heavy atom. The molecule has 1 heterocycles. The zero-order valence-electron chi connectivity index (χ0n) is 21.7. The fourth-order valence-electron chi connectivity index (χ4n) is 5.66. The highest BCUT2D eigenvalue weighted by Crippen LogP contribution is 2.46. The van der Waals surface area contributed by atoms with Gasteiger partial charge in [0.2, 0.25) is 0 Å². The van der Waals surface area contributed by atoms with Gasteiger partial charge < -0.3 is 19.5 Å². The van der Waals surface area contributed by atoms with Crippen molar-refractivity contribution < 1.29 is 28.6 Å². The Morgan fingerprint density at radius 2 is 1.78 bits per heavy atom. The van der Waals surface area contributed by atoms with Gasteiger partial charge in [-0.3, -0.25) is 9.59 Å². The van der Waals surface area contributed by atoms with Crippen molar-refractivity contribution in [3.05, 3.63) is 52.4 Å². The summed E-state index contributed by atoms with van der Waals surface area (Å²) in [7, 11) is 1.30. The molecule has 7 nitrogen and oxygen atoms in total. The van der Waals surface area contributed by atoms with E-state index in [1.165, 1.54) is 7.11 Å². The average Bonchev–Trinajstić information content (AvgIpc) is 2.87. The highest BCUT2D eigenvalue weighted by Gasteiger charge is 2.47. The number of carbonyl (C=O) groups excluding carboxylic acids is 3. The topological polar surface area (TPSA) is 90.9 Å². The maximum atomic E-state index is 13.8. The maximum Gasteiger partial charge on any atom is 0.337 e. The van der Waals surface area contributed by atoms with E-state index in [-0.39, 0.29) is 17.8 Å². The number of allylic oxidation sites excluding steroid dienone is 3. The van der Waals surface area contributed by atoms with Crippen molar-refractivity contribution in [2.24, 2.45) is 11.8 Å². The number of dihydropyridines is 1. The van der Waals surface area contributed by atoms with Crippen LogP contribution in [0.3, 0.4) is 0 Å². The number of nitrogens with one attached hydrogen (secondary N) is 1. The van der Waals surface area contributed by atoms with Gasteiger partial charge in [0.1, 0.15) is 17.8 Å². The number of methoxy groups -OCH3 is 1. The van der Waals surface area contributed by atoms with Gasteiger partial charge in [0.05, 0.1) is 19.3 Å². The van der Waals surface area contributed by atoms with Crippen molar-refractivity contribution in [1.29, 1.82) is 0 Å². The number of rotatable bonds is 7. The quantitative estimate of drug-likeness (QED) is 0.422. The Balaban J connectivity index is 1.75. The van der Waals surface area contributed by atoms with Gasteiger partial charge >= 0.3 is 11.9 Å². The van der Waals surface area contributed by atoms with Crippen LogP contribution in [0.25, 0.3) is 0 Å². The number of ether oxygens (including phenoxy) is 3. The van der Waals surface area contributed by atoms with Gasteiger partial charge in [0, 0.05) is 22.9 Å². The predicted octanol–water partition coefficient (Wildman–Crippen LogP) is 4.96. The summed E-state index contributed by atoms with van der Waals surface area (Å²) >= 11 is 0. The van der Waals surface area contributed by atoms with Gasteiger partial charge in [-0.05, 0) is 69.1 Å². The number of benzene rings is 1. The molecule has 1 saturated carbocycles. The van der Waals surface area contributed by atoms with E-state index in [0.29, 0.717) is 29.9 Å². The van der Waals surface area contributed by atoms with E-state index >= 15 is 0 Å². The number of hydrogen-bond acceptors (Lipinski definition) is 7. The van der Waals surface area contributed by atoms with Crippen LogP contribution in [0.2, 0.25) is 0 Å². The Hall–Kier alpha value is -3.09. The second kappa shape index (κ2) is 11.3. The van der Waals surface area contributed by atoms with E-state index in [4.69, 9.17) is 14.2 Å². The van der Waals surface area contributed by atoms with Crippen molar-refractivity contribution in [2.75, 3.05) is 13.7 Å². The molecule has 3 aliphatic rings. The van der Waals surface area contributed by atoms with Crippen molar-refractivity contribution in [3.8, 4) is 5.75 Å². The lowest BCUT2D eigenvalue weighted by molar-refractivity contribution is -0.151.